The number of methoxy groups -OCH3 is 1. The summed E-state index contributed by atoms with van der Waals surface area (Å²) in [6.07, 6.45) is 4.47. The van der Waals surface area contributed by atoms with Crippen molar-refractivity contribution in [1.29, 1.82) is 0 Å². The van der Waals surface area contributed by atoms with Crippen LogP contribution >= 0.6 is 0 Å². The van der Waals surface area contributed by atoms with Gasteiger partial charge in [0.05, 0.1) is 6.61 Å². The SMILES string of the molecule is COC[C@@H](NC(=O)c1ccnc(-n2cncn2)c1)c1ccc(C)o1. The predicted molar refractivity (Wildman–Crippen MR) is 84.7 cm³/mol. The Labute approximate surface area is 138 Å². The van der Waals surface area contributed by atoms with Crippen LogP contribution in [0, 0.1) is 6.92 Å². The average molecular weight is 327 g/mol. The number of pyridine rings is 1. The molecule has 3 aromatic heterocycles. The van der Waals surface area contributed by atoms with E-state index in [2.05, 4.69) is 20.4 Å². The van der Waals surface area contributed by atoms with E-state index in [1.807, 2.05) is 19.1 Å². The molecule has 0 aliphatic rings. The number of rotatable bonds is 6. The van der Waals surface area contributed by atoms with Crippen molar-refractivity contribution in [3.8, 4) is 5.82 Å². The summed E-state index contributed by atoms with van der Waals surface area (Å²) in [6.45, 7) is 2.15. The van der Waals surface area contributed by atoms with Gasteiger partial charge in [0.1, 0.15) is 30.2 Å². The summed E-state index contributed by atoms with van der Waals surface area (Å²) in [6, 6.07) is 6.57. The number of hydrogen-bond donors (Lipinski definition) is 1. The van der Waals surface area contributed by atoms with Crippen LogP contribution in [-0.2, 0) is 4.74 Å². The lowest BCUT2D eigenvalue weighted by atomic mass is 10.2. The highest BCUT2D eigenvalue weighted by atomic mass is 16.5. The van der Waals surface area contributed by atoms with Crippen LogP contribution in [0.4, 0.5) is 0 Å². The molecule has 0 radical (unpaired) electrons. The van der Waals surface area contributed by atoms with E-state index >= 15 is 0 Å². The van der Waals surface area contributed by atoms with E-state index in [9.17, 15) is 4.79 Å². The number of ether oxygens (including phenoxy) is 1. The molecule has 0 aliphatic heterocycles. The Hall–Kier alpha value is -3.00. The van der Waals surface area contributed by atoms with Crippen LogP contribution in [0.15, 0.2) is 47.5 Å². The average Bonchev–Trinajstić information content (AvgIpc) is 3.26. The number of aryl methyl sites for hydroxylation is 1. The maximum absolute atomic E-state index is 12.6. The zero-order valence-electron chi connectivity index (χ0n) is 13.3. The lowest BCUT2D eigenvalue weighted by molar-refractivity contribution is 0.0882. The van der Waals surface area contributed by atoms with E-state index in [1.165, 1.54) is 17.3 Å². The van der Waals surface area contributed by atoms with Crippen molar-refractivity contribution in [2.45, 2.75) is 13.0 Å². The molecule has 0 fully saturated rings. The summed E-state index contributed by atoms with van der Waals surface area (Å²) in [7, 11) is 1.57. The highest BCUT2D eigenvalue weighted by Gasteiger charge is 2.19. The third kappa shape index (κ3) is 3.49. The number of carbonyl (C=O) groups excluding carboxylic acids is 1. The van der Waals surface area contributed by atoms with Gasteiger partial charge < -0.3 is 14.5 Å². The molecule has 3 aromatic rings. The quantitative estimate of drug-likeness (QED) is 0.740. The van der Waals surface area contributed by atoms with Gasteiger partial charge in [-0.3, -0.25) is 4.79 Å². The van der Waals surface area contributed by atoms with Gasteiger partial charge in [-0.25, -0.2) is 14.6 Å². The fraction of sp³-hybridized carbons (Fsp3) is 0.250. The molecule has 3 heterocycles. The topological polar surface area (TPSA) is 95.1 Å². The predicted octanol–water partition coefficient (Wildman–Crippen LogP) is 1.68. The van der Waals surface area contributed by atoms with Crippen molar-refractivity contribution in [2.24, 2.45) is 0 Å². The molecule has 1 N–H and O–H groups in total. The van der Waals surface area contributed by atoms with Crippen LogP contribution in [0.3, 0.4) is 0 Å². The molecule has 8 heteroatoms. The monoisotopic (exact) mass is 327 g/mol. The highest BCUT2D eigenvalue weighted by molar-refractivity contribution is 5.94. The maximum Gasteiger partial charge on any atom is 0.252 e. The van der Waals surface area contributed by atoms with E-state index in [0.29, 0.717) is 23.7 Å². The molecule has 8 nitrogen and oxygen atoms in total. The fourth-order valence-corrected chi connectivity index (χ4v) is 2.26. The van der Waals surface area contributed by atoms with E-state index in [4.69, 9.17) is 9.15 Å². The number of carbonyl (C=O) groups is 1. The molecule has 1 amide bonds. The summed E-state index contributed by atoms with van der Waals surface area (Å²) >= 11 is 0. The second kappa shape index (κ2) is 7.05. The fourth-order valence-electron chi connectivity index (χ4n) is 2.26. The number of nitrogens with one attached hydrogen (secondary N) is 1. The van der Waals surface area contributed by atoms with E-state index in [0.717, 1.165) is 5.76 Å². The van der Waals surface area contributed by atoms with Gasteiger partial charge in [-0.1, -0.05) is 0 Å². The summed E-state index contributed by atoms with van der Waals surface area (Å²) in [5.74, 6) is 1.68. The van der Waals surface area contributed by atoms with Crippen LogP contribution in [0.25, 0.3) is 5.82 Å². The van der Waals surface area contributed by atoms with Gasteiger partial charge in [-0.15, -0.1) is 0 Å². The summed E-state index contributed by atoms with van der Waals surface area (Å²) < 4.78 is 12.3. The molecule has 3 rings (SSSR count). The van der Waals surface area contributed by atoms with Gasteiger partial charge in [0, 0.05) is 18.9 Å². The number of nitrogens with zero attached hydrogens (tertiary/aromatic N) is 4. The molecular weight excluding hydrogens is 310 g/mol. The molecule has 24 heavy (non-hydrogen) atoms. The molecule has 0 saturated heterocycles. The van der Waals surface area contributed by atoms with Crippen molar-refractivity contribution >= 4 is 5.91 Å². The largest absolute Gasteiger partial charge is 0.464 e. The summed E-state index contributed by atoms with van der Waals surface area (Å²) in [4.78, 5) is 20.6. The second-order valence-electron chi connectivity index (χ2n) is 5.17. The summed E-state index contributed by atoms with van der Waals surface area (Å²) in [5, 5.41) is 6.91. The van der Waals surface area contributed by atoms with Crippen LogP contribution in [0.5, 0.6) is 0 Å². The zero-order chi connectivity index (χ0) is 16.9. The minimum absolute atomic E-state index is 0.255. The smallest absolute Gasteiger partial charge is 0.252 e. The maximum atomic E-state index is 12.6. The Morgan fingerprint density at radius 3 is 2.96 bits per heavy atom. The number of aromatic nitrogens is 4. The first-order valence-electron chi connectivity index (χ1n) is 7.34. The summed E-state index contributed by atoms with van der Waals surface area (Å²) in [5.41, 5.74) is 0.458. The third-order valence-electron chi connectivity index (χ3n) is 3.40. The first kappa shape index (κ1) is 15.9. The van der Waals surface area contributed by atoms with E-state index in [1.54, 1.807) is 25.4 Å². The van der Waals surface area contributed by atoms with E-state index in [-0.39, 0.29) is 11.9 Å². The Kier molecular flexibility index (Phi) is 4.66. The van der Waals surface area contributed by atoms with Crippen molar-refractivity contribution in [3.05, 3.63) is 60.2 Å². The minimum atomic E-state index is -0.376. The lowest BCUT2D eigenvalue weighted by Crippen LogP contribution is -2.31. The molecular formula is C16H17N5O3. The van der Waals surface area contributed by atoms with Crippen LogP contribution in [-0.4, -0.2) is 39.4 Å². The first-order chi connectivity index (χ1) is 11.7. The number of hydrogen-bond acceptors (Lipinski definition) is 6. The molecule has 1 atom stereocenters. The molecule has 0 aliphatic carbocycles. The normalized spacial score (nSPS) is 12.1. The van der Waals surface area contributed by atoms with Gasteiger partial charge >= 0.3 is 0 Å². The Morgan fingerprint density at radius 2 is 2.29 bits per heavy atom. The Bertz CT molecular complexity index is 813. The third-order valence-corrected chi connectivity index (χ3v) is 3.40. The molecule has 0 spiro atoms. The molecule has 0 bridgehead atoms. The molecule has 0 aromatic carbocycles. The van der Waals surface area contributed by atoms with E-state index < -0.39 is 0 Å². The Balaban J connectivity index is 1.79. The first-order valence-corrected chi connectivity index (χ1v) is 7.34. The van der Waals surface area contributed by atoms with Gasteiger partial charge in [-0.2, -0.15) is 5.10 Å². The van der Waals surface area contributed by atoms with Crippen molar-refractivity contribution in [2.75, 3.05) is 13.7 Å². The number of furan rings is 1. The van der Waals surface area contributed by atoms with Crippen LogP contribution < -0.4 is 5.32 Å². The molecule has 0 saturated carbocycles. The van der Waals surface area contributed by atoms with Crippen molar-refractivity contribution in [1.82, 2.24) is 25.1 Å². The number of amides is 1. The minimum Gasteiger partial charge on any atom is -0.464 e. The highest BCUT2D eigenvalue weighted by Crippen LogP contribution is 2.17. The van der Waals surface area contributed by atoms with Gasteiger partial charge in [0.15, 0.2) is 5.82 Å². The van der Waals surface area contributed by atoms with Gasteiger partial charge in [-0.05, 0) is 31.2 Å². The lowest BCUT2D eigenvalue weighted by Gasteiger charge is -2.16. The molecule has 124 valence electrons. The van der Waals surface area contributed by atoms with Crippen LogP contribution in [0.2, 0.25) is 0 Å². The Morgan fingerprint density at radius 1 is 1.42 bits per heavy atom. The standard InChI is InChI=1S/C16H17N5O3/c1-11-3-4-14(24-11)13(8-23-2)20-16(22)12-5-6-18-15(7-12)21-10-17-9-19-21/h3-7,9-10,13H,8H2,1-2H3,(H,20,22)/t13-/m1/s1. The van der Waals surface area contributed by atoms with Crippen molar-refractivity contribution < 1.29 is 13.9 Å². The van der Waals surface area contributed by atoms with Gasteiger partial charge in [0.2, 0.25) is 0 Å². The molecule has 0 unspecified atom stereocenters. The van der Waals surface area contributed by atoms with Crippen molar-refractivity contribution in [3.63, 3.8) is 0 Å². The van der Waals surface area contributed by atoms with Crippen LogP contribution in [0.1, 0.15) is 27.9 Å². The van der Waals surface area contributed by atoms with Gasteiger partial charge in [0.25, 0.3) is 5.91 Å². The zero-order valence-corrected chi connectivity index (χ0v) is 13.3. The second-order valence-corrected chi connectivity index (χ2v) is 5.17.